The Labute approximate surface area is 184 Å². The Hall–Kier alpha value is -0.900. The molecule has 30 heavy (non-hydrogen) atoms. The van der Waals surface area contributed by atoms with Gasteiger partial charge in [0, 0.05) is 5.92 Å². The Balaban J connectivity index is 1.73. The van der Waals surface area contributed by atoms with Crippen LogP contribution in [0.3, 0.4) is 0 Å². The molecule has 3 aliphatic rings. The Kier molecular flexibility index (Phi) is 7.37. The molecule has 3 fully saturated rings. The predicted molar refractivity (Wildman–Crippen MR) is 124 cm³/mol. The normalized spacial score (nSPS) is 38.7. The van der Waals surface area contributed by atoms with Crippen LogP contribution in [-0.4, -0.2) is 33.1 Å². The monoisotopic (exact) mass is 416 g/mol. The summed E-state index contributed by atoms with van der Waals surface area (Å²) in [6, 6.07) is 0. The minimum atomic E-state index is -0.674. The molecule has 0 amide bonds. The Bertz CT molecular complexity index is 671. The maximum absolute atomic E-state index is 10.2. The van der Waals surface area contributed by atoms with E-state index in [9.17, 15) is 15.3 Å². The van der Waals surface area contributed by atoms with Gasteiger partial charge >= 0.3 is 0 Å². The second kappa shape index (κ2) is 9.30. The summed E-state index contributed by atoms with van der Waals surface area (Å²) in [5, 5.41) is 30.2. The highest BCUT2D eigenvalue weighted by molar-refractivity contribution is 5.26. The third kappa shape index (κ3) is 5.29. The molecule has 170 valence electrons. The van der Waals surface area contributed by atoms with Crippen LogP contribution in [0.15, 0.2) is 35.5 Å². The zero-order chi connectivity index (χ0) is 22.1. The van der Waals surface area contributed by atoms with Crippen molar-refractivity contribution in [3.8, 4) is 0 Å². The largest absolute Gasteiger partial charge is 0.393 e. The molecule has 0 spiro atoms. The standard InChI is InChI=1S/C27H44O3/c1-18(8-9-19(2)26(3,4)30)24-12-13-25-21(7-6-14-27(24,25)5)11-10-20-15-22(28)17-23(29)16-20/h8-11,18-19,22-25,28-30H,6-7,12-17H2,1-5H3/b9-8+,21-11+/t18-,19+,22-,23-,24?,25?,27?/m1/s1. The second-order valence-electron chi connectivity index (χ2n) is 11.3. The predicted octanol–water partition coefficient (Wildman–Crippen LogP) is 5.56. The van der Waals surface area contributed by atoms with Crippen molar-refractivity contribution >= 4 is 0 Å². The van der Waals surface area contributed by atoms with Gasteiger partial charge in [0.1, 0.15) is 0 Å². The zero-order valence-electron chi connectivity index (χ0n) is 19.8. The average Bonchev–Trinajstić information content (AvgIpc) is 3.00. The van der Waals surface area contributed by atoms with Crippen LogP contribution in [0.25, 0.3) is 0 Å². The Morgan fingerprint density at radius 3 is 2.33 bits per heavy atom. The van der Waals surface area contributed by atoms with E-state index in [4.69, 9.17) is 0 Å². The van der Waals surface area contributed by atoms with Gasteiger partial charge in [0.15, 0.2) is 0 Å². The Morgan fingerprint density at radius 1 is 1.03 bits per heavy atom. The lowest BCUT2D eigenvalue weighted by Crippen LogP contribution is -2.35. The van der Waals surface area contributed by atoms with E-state index in [1.54, 1.807) is 5.57 Å². The van der Waals surface area contributed by atoms with Crippen molar-refractivity contribution in [1.82, 2.24) is 0 Å². The van der Waals surface area contributed by atoms with Gasteiger partial charge in [-0.05, 0) is 88.4 Å². The van der Waals surface area contributed by atoms with Crippen molar-refractivity contribution in [2.45, 2.75) is 104 Å². The summed E-state index contributed by atoms with van der Waals surface area (Å²) in [6.45, 7) is 10.7. The summed E-state index contributed by atoms with van der Waals surface area (Å²) in [5.74, 6) is 2.00. The molecule has 3 rings (SSSR count). The topological polar surface area (TPSA) is 60.7 Å². The third-order valence-electron chi connectivity index (χ3n) is 8.56. The van der Waals surface area contributed by atoms with Crippen molar-refractivity contribution < 1.29 is 15.3 Å². The van der Waals surface area contributed by atoms with Gasteiger partial charge in [0.25, 0.3) is 0 Å². The van der Waals surface area contributed by atoms with E-state index in [0.717, 1.165) is 0 Å². The van der Waals surface area contributed by atoms with Gasteiger partial charge in [0.05, 0.1) is 17.8 Å². The van der Waals surface area contributed by atoms with Crippen LogP contribution < -0.4 is 0 Å². The van der Waals surface area contributed by atoms with Crippen LogP contribution in [0, 0.1) is 29.1 Å². The summed E-state index contributed by atoms with van der Waals surface area (Å²) in [5.41, 5.74) is 2.43. The van der Waals surface area contributed by atoms with Crippen LogP contribution >= 0.6 is 0 Å². The first-order valence-electron chi connectivity index (χ1n) is 12.2. The molecule has 0 radical (unpaired) electrons. The molecule has 0 heterocycles. The van der Waals surface area contributed by atoms with Crippen molar-refractivity contribution in [1.29, 1.82) is 0 Å². The van der Waals surface area contributed by atoms with Crippen LogP contribution in [0.5, 0.6) is 0 Å². The highest BCUT2D eigenvalue weighted by Crippen LogP contribution is 2.59. The van der Waals surface area contributed by atoms with Gasteiger partial charge in [-0.3, -0.25) is 0 Å². The molecule has 3 N–H and O–H groups in total. The van der Waals surface area contributed by atoms with Crippen molar-refractivity contribution in [3.63, 3.8) is 0 Å². The first kappa shape index (κ1) is 23.8. The third-order valence-corrected chi connectivity index (χ3v) is 8.56. The SMILES string of the molecule is C[C@H](/C=C/[C@H](C)C(C)(C)O)C1CCC2/C(=C/C=C3C[C@@H](O)C[C@H](O)C3)CCCC21C. The van der Waals surface area contributed by atoms with Crippen molar-refractivity contribution in [2.24, 2.45) is 29.1 Å². The molecule has 3 unspecified atom stereocenters. The lowest BCUT2D eigenvalue weighted by Gasteiger charge is -2.44. The molecule has 3 nitrogen and oxygen atoms in total. The van der Waals surface area contributed by atoms with Gasteiger partial charge in [-0.2, -0.15) is 0 Å². The Morgan fingerprint density at radius 2 is 1.70 bits per heavy atom. The van der Waals surface area contributed by atoms with Crippen LogP contribution in [0.4, 0.5) is 0 Å². The molecule has 0 saturated heterocycles. The van der Waals surface area contributed by atoms with Gasteiger partial charge in [0.2, 0.25) is 0 Å². The van der Waals surface area contributed by atoms with E-state index in [0.29, 0.717) is 42.4 Å². The molecule has 3 heteroatoms. The number of allylic oxidation sites excluding steroid dienone is 4. The van der Waals surface area contributed by atoms with E-state index in [1.165, 1.54) is 37.7 Å². The maximum atomic E-state index is 10.2. The first-order chi connectivity index (χ1) is 14.0. The smallest absolute Gasteiger partial charge is 0.0651 e. The van der Waals surface area contributed by atoms with E-state index in [1.807, 2.05) is 13.8 Å². The number of aliphatic hydroxyl groups excluding tert-OH is 2. The molecule has 0 aromatic heterocycles. The summed E-state index contributed by atoms with van der Waals surface area (Å²) in [4.78, 5) is 0. The number of aliphatic hydroxyl groups is 3. The molecule has 3 saturated carbocycles. The highest BCUT2D eigenvalue weighted by atomic mass is 16.3. The van der Waals surface area contributed by atoms with Gasteiger partial charge in [-0.25, -0.2) is 0 Å². The lowest BCUT2D eigenvalue weighted by molar-refractivity contribution is 0.0436. The van der Waals surface area contributed by atoms with Crippen molar-refractivity contribution in [2.75, 3.05) is 0 Å². The van der Waals surface area contributed by atoms with Crippen LogP contribution in [0.2, 0.25) is 0 Å². The minimum Gasteiger partial charge on any atom is -0.393 e. The van der Waals surface area contributed by atoms with E-state index >= 15 is 0 Å². The summed E-state index contributed by atoms with van der Waals surface area (Å²) >= 11 is 0. The number of fused-ring (bicyclic) bond motifs is 1. The van der Waals surface area contributed by atoms with Crippen LogP contribution in [-0.2, 0) is 0 Å². The van der Waals surface area contributed by atoms with E-state index in [2.05, 4.69) is 45.1 Å². The molecule has 7 atom stereocenters. The molecular formula is C27H44O3. The molecule has 0 bridgehead atoms. The quantitative estimate of drug-likeness (QED) is 0.514. The fourth-order valence-electron chi connectivity index (χ4n) is 6.39. The summed E-state index contributed by atoms with van der Waals surface area (Å²) in [6.07, 6.45) is 16.5. The average molecular weight is 417 g/mol. The molecular weight excluding hydrogens is 372 g/mol. The van der Waals surface area contributed by atoms with Gasteiger partial charge in [-0.15, -0.1) is 0 Å². The number of hydrogen-bond acceptors (Lipinski definition) is 3. The summed E-state index contributed by atoms with van der Waals surface area (Å²) < 4.78 is 0. The molecule has 0 aromatic carbocycles. The van der Waals surface area contributed by atoms with E-state index < -0.39 is 17.8 Å². The van der Waals surface area contributed by atoms with Crippen molar-refractivity contribution in [3.05, 3.63) is 35.5 Å². The van der Waals surface area contributed by atoms with Gasteiger partial charge < -0.3 is 15.3 Å². The number of hydrogen-bond donors (Lipinski definition) is 3. The zero-order valence-corrected chi connectivity index (χ0v) is 19.8. The van der Waals surface area contributed by atoms with Crippen LogP contribution in [0.1, 0.15) is 86.0 Å². The molecule has 0 aromatic rings. The fraction of sp³-hybridized carbons (Fsp3) is 0.778. The van der Waals surface area contributed by atoms with E-state index in [-0.39, 0.29) is 5.92 Å². The number of rotatable bonds is 5. The lowest BCUT2D eigenvalue weighted by atomic mass is 9.61. The maximum Gasteiger partial charge on any atom is 0.0651 e. The fourth-order valence-corrected chi connectivity index (χ4v) is 6.39. The highest BCUT2D eigenvalue weighted by Gasteiger charge is 2.50. The second-order valence-corrected chi connectivity index (χ2v) is 11.3. The summed E-state index contributed by atoms with van der Waals surface area (Å²) in [7, 11) is 0. The minimum absolute atomic E-state index is 0.152. The first-order valence-corrected chi connectivity index (χ1v) is 12.2. The van der Waals surface area contributed by atoms with Gasteiger partial charge in [-0.1, -0.05) is 56.2 Å². The molecule has 3 aliphatic carbocycles. The molecule has 0 aliphatic heterocycles.